The molecule has 2 rings (SSSR count). The summed E-state index contributed by atoms with van der Waals surface area (Å²) in [5, 5.41) is 13.3. The molecule has 0 radical (unpaired) electrons. The van der Waals surface area contributed by atoms with Crippen molar-refractivity contribution in [3.63, 3.8) is 0 Å². The Morgan fingerprint density at radius 1 is 1.47 bits per heavy atom. The lowest BCUT2D eigenvalue weighted by molar-refractivity contribution is 0.765. The highest BCUT2D eigenvalue weighted by atomic mass is 35.5. The van der Waals surface area contributed by atoms with Crippen LogP contribution in [-0.4, -0.2) is 9.78 Å². The maximum Gasteiger partial charge on any atom is 0.101 e. The lowest BCUT2D eigenvalue weighted by Crippen LogP contribution is -2.11. The molecule has 2 aromatic rings. The van der Waals surface area contributed by atoms with Crippen LogP contribution in [0.15, 0.2) is 30.6 Å². The molecular formula is C12H11ClN4. The van der Waals surface area contributed by atoms with Gasteiger partial charge in [0.15, 0.2) is 0 Å². The minimum Gasteiger partial charge on any atom is -0.320 e. The van der Waals surface area contributed by atoms with Crippen LogP contribution in [0.4, 0.5) is 0 Å². The third-order valence-electron chi connectivity index (χ3n) is 2.56. The molecule has 4 nitrogen and oxygen atoms in total. The number of rotatable bonds is 2. The molecule has 1 aromatic carbocycles. The molecule has 0 saturated heterocycles. The number of aromatic nitrogens is 2. The van der Waals surface area contributed by atoms with E-state index in [9.17, 15) is 0 Å². The predicted octanol–water partition coefficient (Wildman–Crippen LogP) is 1.99. The lowest BCUT2D eigenvalue weighted by Gasteiger charge is -2.10. The van der Waals surface area contributed by atoms with Crippen molar-refractivity contribution in [2.24, 2.45) is 12.8 Å². The average Bonchev–Trinajstić information content (AvgIpc) is 2.75. The van der Waals surface area contributed by atoms with Crippen molar-refractivity contribution >= 4 is 11.6 Å². The van der Waals surface area contributed by atoms with Gasteiger partial charge in [0.2, 0.25) is 0 Å². The van der Waals surface area contributed by atoms with E-state index in [0.29, 0.717) is 10.6 Å². The topological polar surface area (TPSA) is 67.6 Å². The van der Waals surface area contributed by atoms with Crippen molar-refractivity contribution in [3.05, 3.63) is 52.3 Å². The molecular weight excluding hydrogens is 236 g/mol. The maximum atomic E-state index is 8.79. The van der Waals surface area contributed by atoms with Gasteiger partial charge in [-0.15, -0.1) is 0 Å². The molecule has 1 aromatic heterocycles. The van der Waals surface area contributed by atoms with E-state index in [0.717, 1.165) is 11.1 Å². The number of nitrogens with two attached hydrogens (primary N) is 1. The quantitative estimate of drug-likeness (QED) is 0.881. The number of hydrogen-bond donors (Lipinski definition) is 1. The first kappa shape index (κ1) is 11.6. The molecule has 0 spiro atoms. The normalized spacial score (nSPS) is 12.1. The first-order valence-electron chi connectivity index (χ1n) is 5.05. The second-order valence-electron chi connectivity index (χ2n) is 3.78. The second kappa shape index (κ2) is 4.58. The molecule has 1 heterocycles. The van der Waals surface area contributed by atoms with Crippen LogP contribution in [0.3, 0.4) is 0 Å². The van der Waals surface area contributed by atoms with Crippen molar-refractivity contribution in [3.8, 4) is 6.07 Å². The third kappa shape index (κ3) is 2.31. The van der Waals surface area contributed by atoms with Crippen LogP contribution in [0.5, 0.6) is 0 Å². The molecule has 0 unspecified atom stereocenters. The van der Waals surface area contributed by atoms with E-state index >= 15 is 0 Å². The molecule has 0 amide bonds. The zero-order valence-corrected chi connectivity index (χ0v) is 10.0. The van der Waals surface area contributed by atoms with Crippen molar-refractivity contribution < 1.29 is 0 Å². The van der Waals surface area contributed by atoms with Gasteiger partial charge in [-0.3, -0.25) is 4.68 Å². The van der Waals surface area contributed by atoms with Crippen LogP contribution in [-0.2, 0) is 7.05 Å². The lowest BCUT2D eigenvalue weighted by atomic mass is 10.0. The fourth-order valence-corrected chi connectivity index (χ4v) is 1.84. The van der Waals surface area contributed by atoms with E-state index in [1.165, 1.54) is 0 Å². The molecule has 0 aliphatic rings. The summed E-state index contributed by atoms with van der Waals surface area (Å²) in [4.78, 5) is 0. The number of nitrogens with zero attached hydrogens (tertiary/aromatic N) is 3. The second-order valence-corrected chi connectivity index (χ2v) is 4.18. The SMILES string of the molecule is Cn1cc([C@@H](N)c2ccc(C#N)c(Cl)c2)cn1. The van der Waals surface area contributed by atoms with E-state index in [4.69, 9.17) is 22.6 Å². The number of aryl methyl sites for hydroxylation is 1. The number of hydrogen-bond acceptors (Lipinski definition) is 3. The fraction of sp³-hybridized carbons (Fsp3) is 0.167. The van der Waals surface area contributed by atoms with Gasteiger partial charge in [-0.1, -0.05) is 17.7 Å². The summed E-state index contributed by atoms with van der Waals surface area (Å²) in [6.07, 6.45) is 3.58. The number of halogens is 1. The van der Waals surface area contributed by atoms with Crippen molar-refractivity contribution in [2.45, 2.75) is 6.04 Å². The number of nitriles is 1. The van der Waals surface area contributed by atoms with Crippen LogP contribution in [0, 0.1) is 11.3 Å². The van der Waals surface area contributed by atoms with Gasteiger partial charge in [-0.05, 0) is 17.7 Å². The summed E-state index contributed by atoms with van der Waals surface area (Å²) >= 11 is 5.97. The molecule has 0 aliphatic heterocycles. The Labute approximate surface area is 104 Å². The Morgan fingerprint density at radius 2 is 2.24 bits per heavy atom. The molecule has 0 saturated carbocycles. The van der Waals surface area contributed by atoms with Crippen molar-refractivity contribution in [1.82, 2.24) is 9.78 Å². The van der Waals surface area contributed by atoms with Gasteiger partial charge >= 0.3 is 0 Å². The fourth-order valence-electron chi connectivity index (χ4n) is 1.61. The summed E-state index contributed by atoms with van der Waals surface area (Å²) in [5.74, 6) is 0. The summed E-state index contributed by atoms with van der Waals surface area (Å²) < 4.78 is 1.69. The van der Waals surface area contributed by atoms with E-state index in [2.05, 4.69) is 5.10 Å². The van der Waals surface area contributed by atoms with Crippen LogP contribution in [0.1, 0.15) is 22.7 Å². The Kier molecular flexibility index (Phi) is 3.14. The number of benzene rings is 1. The molecule has 0 bridgehead atoms. The molecule has 0 fully saturated rings. The van der Waals surface area contributed by atoms with E-state index in [-0.39, 0.29) is 6.04 Å². The first-order valence-corrected chi connectivity index (χ1v) is 5.43. The predicted molar refractivity (Wildman–Crippen MR) is 65.4 cm³/mol. The van der Waals surface area contributed by atoms with Gasteiger partial charge in [0.25, 0.3) is 0 Å². The highest BCUT2D eigenvalue weighted by Crippen LogP contribution is 2.24. The highest BCUT2D eigenvalue weighted by Gasteiger charge is 2.12. The Bertz CT molecular complexity index is 582. The molecule has 86 valence electrons. The van der Waals surface area contributed by atoms with E-state index < -0.39 is 0 Å². The van der Waals surface area contributed by atoms with Crippen LogP contribution < -0.4 is 5.73 Å². The maximum absolute atomic E-state index is 8.79. The summed E-state index contributed by atoms with van der Waals surface area (Å²) in [5.41, 5.74) is 8.32. The Hall–Kier alpha value is -1.83. The zero-order valence-electron chi connectivity index (χ0n) is 9.26. The van der Waals surface area contributed by atoms with Gasteiger partial charge in [0, 0.05) is 18.8 Å². The summed E-state index contributed by atoms with van der Waals surface area (Å²) in [6, 6.07) is 6.93. The van der Waals surface area contributed by atoms with Crippen molar-refractivity contribution in [2.75, 3.05) is 0 Å². The van der Waals surface area contributed by atoms with Gasteiger partial charge in [-0.25, -0.2) is 0 Å². The van der Waals surface area contributed by atoms with Crippen LogP contribution >= 0.6 is 11.6 Å². The summed E-state index contributed by atoms with van der Waals surface area (Å²) in [7, 11) is 1.84. The van der Waals surface area contributed by atoms with Gasteiger partial charge in [0.1, 0.15) is 6.07 Å². The van der Waals surface area contributed by atoms with Gasteiger partial charge < -0.3 is 5.73 Å². The monoisotopic (exact) mass is 246 g/mol. The van der Waals surface area contributed by atoms with E-state index in [1.54, 1.807) is 23.0 Å². The minimum absolute atomic E-state index is 0.283. The van der Waals surface area contributed by atoms with Crippen LogP contribution in [0.25, 0.3) is 0 Å². The Morgan fingerprint density at radius 3 is 2.76 bits per heavy atom. The van der Waals surface area contributed by atoms with E-state index in [1.807, 2.05) is 25.4 Å². The van der Waals surface area contributed by atoms with Crippen LogP contribution in [0.2, 0.25) is 5.02 Å². The standard InChI is InChI=1S/C12H11ClN4/c1-17-7-10(6-16-17)12(15)8-2-3-9(5-14)11(13)4-8/h2-4,6-7,12H,15H2,1H3/t12-/m0/s1. The Balaban J connectivity index is 2.35. The molecule has 17 heavy (non-hydrogen) atoms. The third-order valence-corrected chi connectivity index (χ3v) is 2.87. The minimum atomic E-state index is -0.283. The zero-order chi connectivity index (χ0) is 12.4. The highest BCUT2D eigenvalue weighted by molar-refractivity contribution is 6.31. The molecule has 2 N–H and O–H groups in total. The largest absolute Gasteiger partial charge is 0.320 e. The molecule has 5 heteroatoms. The molecule has 0 aliphatic carbocycles. The van der Waals surface area contributed by atoms with Gasteiger partial charge in [-0.2, -0.15) is 10.4 Å². The average molecular weight is 247 g/mol. The smallest absolute Gasteiger partial charge is 0.101 e. The van der Waals surface area contributed by atoms with Gasteiger partial charge in [0.05, 0.1) is 22.8 Å². The first-order chi connectivity index (χ1) is 8.11. The van der Waals surface area contributed by atoms with Crippen molar-refractivity contribution in [1.29, 1.82) is 5.26 Å². The molecule has 1 atom stereocenters. The summed E-state index contributed by atoms with van der Waals surface area (Å²) in [6.45, 7) is 0.